The van der Waals surface area contributed by atoms with Gasteiger partial charge in [-0.1, -0.05) is 12.1 Å². The van der Waals surface area contributed by atoms with E-state index in [0.29, 0.717) is 6.04 Å². The van der Waals surface area contributed by atoms with Gasteiger partial charge in [0.05, 0.1) is 12.2 Å². The Morgan fingerprint density at radius 3 is 2.86 bits per heavy atom. The molecule has 0 spiro atoms. The standard InChI is InChI=1S/C15H28N6/c1-3-20-8-6-19(11-13(20)2)7-9-21-12-15(17-18-21)10-16-14-4-5-14/h12-14,16H,3-11H2,1-2H3. The molecule has 1 aliphatic carbocycles. The average molecular weight is 292 g/mol. The number of nitrogens with zero attached hydrogens (tertiary/aromatic N) is 5. The molecule has 0 bridgehead atoms. The zero-order chi connectivity index (χ0) is 14.7. The van der Waals surface area contributed by atoms with Crippen molar-refractivity contribution < 1.29 is 0 Å². The van der Waals surface area contributed by atoms with Crippen LogP contribution in [-0.4, -0.2) is 69.6 Å². The third-order valence-electron chi connectivity index (χ3n) is 4.64. The molecule has 2 aliphatic rings. The highest BCUT2D eigenvalue weighted by Gasteiger charge is 2.22. The van der Waals surface area contributed by atoms with E-state index in [9.17, 15) is 0 Å². The van der Waals surface area contributed by atoms with E-state index in [1.807, 2.05) is 4.68 Å². The molecule has 2 fully saturated rings. The lowest BCUT2D eigenvalue weighted by molar-refractivity contribution is 0.0850. The zero-order valence-electron chi connectivity index (χ0n) is 13.3. The van der Waals surface area contributed by atoms with E-state index in [4.69, 9.17) is 0 Å². The first-order valence-electron chi connectivity index (χ1n) is 8.33. The van der Waals surface area contributed by atoms with Gasteiger partial charge in [-0.3, -0.25) is 14.5 Å². The zero-order valence-corrected chi connectivity index (χ0v) is 13.3. The molecule has 1 aromatic heterocycles. The number of piperazine rings is 1. The van der Waals surface area contributed by atoms with Crippen LogP contribution >= 0.6 is 0 Å². The molecule has 6 nitrogen and oxygen atoms in total. The summed E-state index contributed by atoms with van der Waals surface area (Å²) in [5, 5.41) is 12.0. The molecule has 0 amide bonds. The third-order valence-corrected chi connectivity index (χ3v) is 4.64. The quantitative estimate of drug-likeness (QED) is 0.795. The van der Waals surface area contributed by atoms with Crippen molar-refractivity contribution in [3.63, 3.8) is 0 Å². The van der Waals surface area contributed by atoms with Crippen LogP contribution in [-0.2, 0) is 13.1 Å². The molecule has 2 heterocycles. The number of hydrogen-bond donors (Lipinski definition) is 1. The maximum Gasteiger partial charge on any atom is 0.0964 e. The van der Waals surface area contributed by atoms with Crippen LogP contribution in [0.4, 0.5) is 0 Å². The lowest BCUT2D eigenvalue weighted by atomic mass is 10.2. The second-order valence-electron chi connectivity index (χ2n) is 6.41. The predicted octanol–water partition coefficient (Wildman–Crippen LogP) is 0.556. The smallest absolute Gasteiger partial charge is 0.0964 e. The fourth-order valence-corrected chi connectivity index (χ4v) is 3.05. The van der Waals surface area contributed by atoms with Crippen LogP contribution in [0.2, 0.25) is 0 Å². The van der Waals surface area contributed by atoms with Crippen LogP contribution in [0.3, 0.4) is 0 Å². The Labute approximate surface area is 127 Å². The summed E-state index contributed by atoms with van der Waals surface area (Å²) in [5.74, 6) is 0. The highest BCUT2D eigenvalue weighted by molar-refractivity contribution is 4.94. The van der Waals surface area contributed by atoms with Gasteiger partial charge < -0.3 is 5.32 Å². The van der Waals surface area contributed by atoms with Crippen molar-refractivity contribution in [2.75, 3.05) is 32.7 Å². The van der Waals surface area contributed by atoms with Gasteiger partial charge in [0.25, 0.3) is 0 Å². The average Bonchev–Trinajstić information content (AvgIpc) is 3.21. The molecule has 1 saturated heterocycles. The van der Waals surface area contributed by atoms with E-state index >= 15 is 0 Å². The summed E-state index contributed by atoms with van der Waals surface area (Å²) in [5.41, 5.74) is 1.06. The van der Waals surface area contributed by atoms with Crippen LogP contribution in [0.15, 0.2) is 6.20 Å². The van der Waals surface area contributed by atoms with Crippen LogP contribution in [0, 0.1) is 0 Å². The highest BCUT2D eigenvalue weighted by atomic mass is 15.4. The van der Waals surface area contributed by atoms with Crippen molar-refractivity contribution in [3.05, 3.63) is 11.9 Å². The van der Waals surface area contributed by atoms with Gasteiger partial charge in [-0.05, 0) is 26.3 Å². The third kappa shape index (κ3) is 4.25. The summed E-state index contributed by atoms with van der Waals surface area (Å²) < 4.78 is 1.99. The second-order valence-corrected chi connectivity index (χ2v) is 6.41. The van der Waals surface area contributed by atoms with E-state index in [0.717, 1.165) is 37.9 Å². The predicted molar refractivity (Wildman–Crippen MR) is 83.0 cm³/mol. The van der Waals surface area contributed by atoms with Gasteiger partial charge in [-0.15, -0.1) is 5.10 Å². The van der Waals surface area contributed by atoms with Gasteiger partial charge in [0.15, 0.2) is 0 Å². The van der Waals surface area contributed by atoms with Crippen molar-refractivity contribution in [2.24, 2.45) is 0 Å². The fourth-order valence-electron chi connectivity index (χ4n) is 3.05. The Morgan fingerprint density at radius 1 is 1.29 bits per heavy atom. The molecule has 1 atom stereocenters. The molecule has 3 rings (SSSR count). The Kier molecular flexibility index (Phi) is 4.87. The monoisotopic (exact) mass is 292 g/mol. The number of likely N-dealkylation sites (N-methyl/N-ethyl adjacent to an activating group) is 1. The SMILES string of the molecule is CCN1CCN(CCn2cc(CNC3CC3)nn2)CC1C. The lowest BCUT2D eigenvalue weighted by Gasteiger charge is -2.39. The molecule has 1 unspecified atom stereocenters. The van der Waals surface area contributed by atoms with Crippen LogP contribution in [0.1, 0.15) is 32.4 Å². The maximum absolute atomic E-state index is 4.24. The van der Waals surface area contributed by atoms with Crippen LogP contribution < -0.4 is 5.32 Å². The van der Waals surface area contributed by atoms with Gasteiger partial charge in [0, 0.05) is 51.0 Å². The summed E-state index contributed by atoms with van der Waals surface area (Å²) in [6.07, 6.45) is 4.72. The molecule has 1 saturated carbocycles. The molecule has 6 heteroatoms. The number of hydrogen-bond acceptors (Lipinski definition) is 5. The Bertz CT molecular complexity index is 441. The van der Waals surface area contributed by atoms with Crippen molar-refractivity contribution >= 4 is 0 Å². The highest BCUT2D eigenvalue weighted by Crippen LogP contribution is 2.18. The minimum atomic E-state index is 0.665. The fraction of sp³-hybridized carbons (Fsp3) is 0.867. The van der Waals surface area contributed by atoms with Crippen LogP contribution in [0.25, 0.3) is 0 Å². The number of rotatable bonds is 7. The Hall–Kier alpha value is -0.980. The van der Waals surface area contributed by atoms with Gasteiger partial charge in [-0.25, -0.2) is 0 Å². The first-order chi connectivity index (χ1) is 10.2. The molecular formula is C15H28N6. The Balaban J connectivity index is 1.40. The van der Waals surface area contributed by atoms with Crippen molar-refractivity contribution in [3.8, 4) is 0 Å². The van der Waals surface area contributed by atoms with E-state index in [1.165, 1.54) is 32.5 Å². The molecule has 118 valence electrons. The minimum absolute atomic E-state index is 0.665. The minimum Gasteiger partial charge on any atom is -0.308 e. The first kappa shape index (κ1) is 14.9. The van der Waals surface area contributed by atoms with E-state index in [2.05, 4.69) is 45.5 Å². The molecule has 1 aliphatic heterocycles. The summed E-state index contributed by atoms with van der Waals surface area (Å²) in [6.45, 7) is 12.1. The van der Waals surface area contributed by atoms with Gasteiger partial charge in [0.1, 0.15) is 0 Å². The first-order valence-corrected chi connectivity index (χ1v) is 8.33. The van der Waals surface area contributed by atoms with E-state index in [-0.39, 0.29) is 0 Å². The number of nitrogens with one attached hydrogen (secondary N) is 1. The van der Waals surface area contributed by atoms with Gasteiger partial charge >= 0.3 is 0 Å². The molecule has 1 aromatic rings. The largest absolute Gasteiger partial charge is 0.308 e. The van der Waals surface area contributed by atoms with Crippen molar-refractivity contribution in [2.45, 2.75) is 51.9 Å². The topological polar surface area (TPSA) is 49.2 Å². The molecule has 1 N–H and O–H groups in total. The molecule has 0 aromatic carbocycles. The van der Waals surface area contributed by atoms with Crippen molar-refractivity contribution in [1.29, 1.82) is 0 Å². The Morgan fingerprint density at radius 2 is 2.14 bits per heavy atom. The summed E-state index contributed by atoms with van der Waals surface area (Å²) in [6, 6.07) is 1.39. The molecule has 0 radical (unpaired) electrons. The summed E-state index contributed by atoms with van der Waals surface area (Å²) in [7, 11) is 0. The normalized spacial score (nSPS) is 24.6. The van der Waals surface area contributed by atoms with Gasteiger partial charge in [-0.2, -0.15) is 0 Å². The molecular weight excluding hydrogens is 264 g/mol. The number of aromatic nitrogens is 3. The molecule has 21 heavy (non-hydrogen) atoms. The van der Waals surface area contributed by atoms with Gasteiger partial charge in [0.2, 0.25) is 0 Å². The lowest BCUT2D eigenvalue weighted by Crippen LogP contribution is -2.52. The van der Waals surface area contributed by atoms with Crippen LogP contribution in [0.5, 0.6) is 0 Å². The van der Waals surface area contributed by atoms with E-state index in [1.54, 1.807) is 0 Å². The van der Waals surface area contributed by atoms with E-state index < -0.39 is 0 Å². The van der Waals surface area contributed by atoms with Crippen molar-refractivity contribution in [1.82, 2.24) is 30.1 Å². The summed E-state index contributed by atoms with van der Waals surface area (Å²) >= 11 is 0. The maximum atomic E-state index is 4.24. The second kappa shape index (κ2) is 6.85. The summed E-state index contributed by atoms with van der Waals surface area (Å²) in [4.78, 5) is 5.09.